The van der Waals surface area contributed by atoms with Crippen molar-refractivity contribution in [2.45, 2.75) is 24.2 Å². The summed E-state index contributed by atoms with van der Waals surface area (Å²) in [7, 11) is -2.04. The Hall–Kier alpha value is -1.85. The van der Waals surface area contributed by atoms with Crippen molar-refractivity contribution in [3.8, 4) is 5.75 Å². The van der Waals surface area contributed by atoms with Crippen LogP contribution in [0.15, 0.2) is 53.4 Å². The molecule has 1 aliphatic rings. The average molecular weight is 331 g/mol. The van der Waals surface area contributed by atoms with Gasteiger partial charge in [0.15, 0.2) is 0 Å². The van der Waals surface area contributed by atoms with Crippen LogP contribution < -0.4 is 4.74 Å². The van der Waals surface area contributed by atoms with Crippen molar-refractivity contribution < 1.29 is 13.2 Å². The van der Waals surface area contributed by atoms with Crippen molar-refractivity contribution >= 4 is 10.0 Å². The highest BCUT2D eigenvalue weighted by Crippen LogP contribution is 2.34. The molecule has 4 nitrogen and oxygen atoms in total. The van der Waals surface area contributed by atoms with Crippen LogP contribution in [0.4, 0.5) is 0 Å². The molecule has 3 rings (SSSR count). The Balaban J connectivity index is 1.89. The van der Waals surface area contributed by atoms with Gasteiger partial charge >= 0.3 is 0 Å². The monoisotopic (exact) mass is 331 g/mol. The standard InChI is InChI=1S/C18H21NO3S/c1-14-8-9-17(22-2)18(12-14)23(20,21)19-11-10-16(13-19)15-6-4-3-5-7-15/h3-9,12,16H,10-11,13H2,1-2H3. The zero-order valence-corrected chi connectivity index (χ0v) is 14.2. The summed E-state index contributed by atoms with van der Waals surface area (Å²) in [5, 5.41) is 0. The van der Waals surface area contributed by atoms with Gasteiger partial charge in [0.1, 0.15) is 10.6 Å². The average Bonchev–Trinajstić information content (AvgIpc) is 3.06. The molecule has 1 aliphatic heterocycles. The zero-order chi connectivity index (χ0) is 16.4. The fourth-order valence-corrected chi connectivity index (χ4v) is 4.81. The van der Waals surface area contributed by atoms with Crippen LogP contribution in [0.2, 0.25) is 0 Å². The number of benzene rings is 2. The van der Waals surface area contributed by atoms with E-state index in [1.807, 2.05) is 31.2 Å². The first-order chi connectivity index (χ1) is 11.0. The third-order valence-electron chi connectivity index (χ3n) is 4.36. The fraction of sp³-hybridized carbons (Fsp3) is 0.333. The predicted molar refractivity (Wildman–Crippen MR) is 90.3 cm³/mol. The summed E-state index contributed by atoms with van der Waals surface area (Å²) in [4.78, 5) is 0.258. The number of hydrogen-bond donors (Lipinski definition) is 0. The molecule has 0 N–H and O–H groups in total. The van der Waals surface area contributed by atoms with Gasteiger partial charge in [0.05, 0.1) is 7.11 Å². The molecule has 2 aromatic rings. The number of hydrogen-bond acceptors (Lipinski definition) is 3. The fourth-order valence-electron chi connectivity index (χ4n) is 3.07. The van der Waals surface area contributed by atoms with Crippen LogP contribution >= 0.6 is 0 Å². The molecule has 1 unspecified atom stereocenters. The summed E-state index contributed by atoms with van der Waals surface area (Å²) >= 11 is 0. The molecule has 1 fully saturated rings. The predicted octanol–water partition coefficient (Wildman–Crippen LogP) is 3.18. The molecule has 1 atom stereocenters. The third kappa shape index (κ3) is 3.12. The summed E-state index contributed by atoms with van der Waals surface area (Å²) in [5.74, 6) is 0.653. The highest BCUT2D eigenvalue weighted by Gasteiger charge is 2.34. The Kier molecular flexibility index (Phi) is 4.41. The lowest BCUT2D eigenvalue weighted by Gasteiger charge is -2.19. The van der Waals surface area contributed by atoms with Gasteiger partial charge in [0, 0.05) is 13.1 Å². The quantitative estimate of drug-likeness (QED) is 0.864. The van der Waals surface area contributed by atoms with Crippen LogP contribution in [0.1, 0.15) is 23.5 Å². The summed E-state index contributed by atoms with van der Waals surface area (Å²) in [6, 6.07) is 15.4. The van der Waals surface area contributed by atoms with Crippen LogP contribution in [0.25, 0.3) is 0 Å². The normalized spacial score (nSPS) is 19.0. The van der Waals surface area contributed by atoms with E-state index in [2.05, 4.69) is 12.1 Å². The zero-order valence-electron chi connectivity index (χ0n) is 13.4. The molecule has 0 spiro atoms. The van der Waals surface area contributed by atoms with Crippen LogP contribution in [0.5, 0.6) is 5.75 Å². The lowest BCUT2D eigenvalue weighted by atomic mass is 9.99. The molecule has 0 aromatic heterocycles. The number of nitrogens with zero attached hydrogens (tertiary/aromatic N) is 1. The van der Waals surface area contributed by atoms with E-state index in [1.54, 1.807) is 16.4 Å². The molecule has 2 aromatic carbocycles. The second-order valence-electron chi connectivity index (χ2n) is 5.91. The topological polar surface area (TPSA) is 46.6 Å². The van der Waals surface area contributed by atoms with Crippen molar-refractivity contribution in [3.05, 3.63) is 59.7 Å². The van der Waals surface area contributed by atoms with Gasteiger partial charge in [0.25, 0.3) is 0 Å². The van der Waals surface area contributed by atoms with Gasteiger partial charge in [-0.1, -0.05) is 36.4 Å². The Labute approximate surface area is 137 Å². The second-order valence-corrected chi connectivity index (χ2v) is 7.82. The van der Waals surface area contributed by atoms with Gasteiger partial charge in [-0.15, -0.1) is 0 Å². The van der Waals surface area contributed by atoms with Gasteiger partial charge in [0.2, 0.25) is 10.0 Å². The third-order valence-corrected chi connectivity index (χ3v) is 6.25. The van der Waals surface area contributed by atoms with Crippen LogP contribution in [0.3, 0.4) is 0 Å². The van der Waals surface area contributed by atoms with Gasteiger partial charge in [-0.2, -0.15) is 4.31 Å². The Morgan fingerprint density at radius 1 is 1.13 bits per heavy atom. The number of methoxy groups -OCH3 is 1. The maximum Gasteiger partial charge on any atom is 0.246 e. The first-order valence-electron chi connectivity index (χ1n) is 7.72. The SMILES string of the molecule is COc1ccc(C)cc1S(=O)(=O)N1CCC(c2ccccc2)C1. The molecular formula is C18H21NO3S. The van der Waals surface area contributed by atoms with Gasteiger partial charge in [-0.25, -0.2) is 8.42 Å². The summed E-state index contributed by atoms with van der Waals surface area (Å²) in [6.45, 7) is 2.94. The van der Waals surface area contributed by atoms with Crippen LogP contribution in [0, 0.1) is 6.92 Å². The van der Waals surface area contributed by atoms with E-state index in [9.17, 15) is 8.42 Å². The number of aryl methyl sites for hydroxylation is 1. The van der Waals surface area contributed by atoms with E-state index in [0.717, 1.165) is 12.0 Å². The van der Waals surface area contributed by atoms with Crippen LogP contribution in [-0.4, -0.2) is 32.9 Å². The highest BCUT2D eigenvalue weighted by molar-refractivity contribution is 7.89. The molecule has 1 saturated heterocycles. The smallest absolute Gasteiger partial charge is 0.246 e. The lowest BCUT2D eigenvalue weighted by molar-refractivity contribution is 0.398. The largest absolute Gasteiger partial charge is 0.495 e. The molecule has 23 heavy (non-hydrogen) atoms. The Morgan fingerprint density at radius 3 is 2.57 bits per heavy atom. The second kappa shape index (κ2) is 6.34. The molecule has 122 valence electrons. The maximum absolute atomic E-state index is 13.0. The highest BCUT2D eigenvalue weighted by atomic mass is 32.2. The molecule has 5 heteroatoms. The lowest BCUT2D eigenvalue weighted by Crippen LogP contribution is -2.29. The van der Waals surface area contributed by atoms with Crippen molar-refractivity contribution in [1.29, 1.82) is 0 Å². The Bertz CT molecular complexity index is 787. The molecule has 0 bridgehead atoms. The summed E-state index contributed by atoms with van der Waals surface area (Å²) in [6.07, 6.45) is 0.845. The van der Waals surface area contributed by atoms with Gasteiger partial charge in [-0.3, -0.25) is 0 Å². The first kappa shape index (κ1) is 16.0. The van der Waals surface area contributed by atoms with Gasteiger partial charge < -0.3 is 4.74 Å². The molecular weight excluding hydrogens is 310 g/mol. The molecule has 0 radical (unpaired) electrons. The van der Waals surface area contributed by atoms with Crippen molar-refractivity contribution in [2.75, 3.05) is 20.2 Å². The minimum atomic E-state index is -3.54. The van der Waals surface area contributed by atoms with Crippen molar-refractivity contribution in [3.63, 3.8) is 0 Å². The molecule has 0 aliphatic carbocycles. The molecule has 0 saturated carbocycles. The van der Waals surface area contributed by atoms with E-state index < -0.39 is 10.0 Å². The van der Waals surface area contributed by atoms with Gasteiger partial charge in [-0.05, 0) is 42.5 Å². The summed E-state index contributed by atoms with van der Waals surface area (Å²) < 4.78 is 32.8. The van der Waals surface area contributed by atoms with E-state index in [1.165, 1.54) is 12.7 Å². The number of ether oxygens (including phenoxy) is 1. The maximum atomic E-state index is 13.0. The Morgan fingerprint density at radius 2 is 1.87 bits per heavy atom. The molecule has 0 amide bonds. The summed E-state index contributed by atoms with van der Waals surface area (Å²) in [5.41, 5.74) is 2.10. The first-order valence-corrected chi connectivity index (χ1v) is 9.16. The van der Waals surface area contributed by atoms with Crippen molar-refractivity contribution in [2.24, 2.45) is 0 Å². The minimum absolute atomic E-state index is 0.252. The minimum Gasteiger partial charge on any atom is -0.495 e. The van der Waals surface area contributed by atoms with E-state index in [4.69, 9.17) is 4.74 Å². The van der Waals surface area contributed by atoms with Crippen LogP contribution in [-0.2, 0) is 10.0 Å². The number of sulfonamides is 1. The number of rotatable bonds is 4. The van der Waals surface area contributed by atoms with Crippen molar-refractivity contribution in [1.82, 2.24) is 4.31 Å². The van der Waals surface area contributed by atoms with E-state index in [0.29, 0.717) is 18.8 Å². The molecule has 1 heterocycles. The van der Waals surface area contributed by atoms with E-state index >= 15 is 0 Å². The van der Waals surface area contributed by atoms with E-state index in [-0.39, 0.29) is 10.8 Å².